The van der Waals surface area contributed by atoms with Gasteiger partial charge in [0.05, 0.1) is 11.7 Å². The van der Waals surface area contributed by atoms with Crippen molar-refractivity contribution in [1.82, 2.24) is 14.5 Å². The Morgan fingerprint density at radius 1 is 1.30 bits per heavy atom. The van der Waals surface area contributed by atoms with Gasteiger partial charge in [0.25, 0.3) is 0 Å². The van der Waals surface area contributed by atoms with Crippen LogP contribution in [0.5, 0.6) is 0 Å². The largest absolute Gasteiger partial charge is 0.398 e. The van der Waals surface area contributed by atoms with Gasteiger partial charge in [-0.15, -0.1) is 0 Å². The third kappa shape index (κ3) is 2.01. The van der Waals surface area contributed by atoms with Crippen LogP contribution >= 0.6 is 0 Å². The quantitative estimate of drug-likeness (QED) is 0.743. The van der Waals surface area contributed by atoms with Gasteiger partial charge in [-0.25, -0.2) is 9.37 Å². The molecule has 0 aliphatic heterocycles. The highest BCUT2D eigenvalue weighted by Crippen LogP contribution is 2.29. The summed E-state index contributed by atoms with van der Waals surface area (Å²) in [7, 11) is 0. The van der Waals surface area contributed by atoms with Crippen molar-refractivity contribution in [3.8, 4) is 11.4 Å². The number of fused-ring (bicyclic) bond motifs is 1. The first-order chi connectivity index (χ1) is 9.70. The van der Waals surface area contributed by atoms with Crippen LogP contribution in [0, 0.1) is 5.82 Å². The number of nitrogens with zero attached hydrogens (tertiary/aromatic N) is 3. The van der Waals surface area contributed by atoms with E-state index in [1.54, 1.807) is 18.5 Å². The summed E-state index contributed by atoms with van der Waals surface area (Å²) in [5.41, 5.74) is 8.91. The number of anilines is 1. The molecule has 0 bridgehead atoms. The molecule has 0 saturated heterocycles. The molecular formula is C15H15FN4. The lowest BCUT2D eigenvalue weighted by atomic mass is 10.1. The molecule has 0 spiro atoms. The lowest BCUT2D eigenvalue weighted by Crippen LogP contribution is -2.02. The van der Waals surface area contributed by atoms with E-state index in [0.717, 1.165) is 35.4 Å². The molecule has 0 aliphatic rings. The number of aromatic nitrogens is 3. The average molecular weight is 270 g/mol. The number of hydrogen-bond acceptors (Lipinski definition) is 3. The van der Waals surface area contributed by atoms with Gasteiger partial charge in [-0.05, 0) is 30.7 Å². The SMILES string of the molecule is CCCn1c(-c2ccc(F)cc2N)nc2cnccc21. The van der Waals surface area contributed by atoms with Crippen LogP contribution in [0.3, 0.4) is 0 Å². The molecule has 2 heterocycles. The minimum Gasteiger partial charge on any atom is -0.398 e. The second kappa shape index (κ2) is 4.92. The summed E-state index contributed by atoms with van der Waals surface area (Å²) in [6.45, 7) is 2.93. The lowest BCUT2D eigenvalue weighted by Gasteiger charge is -2.09. The Bertz CT molecular complexity index is 764. The third-order valence-corrected chi connectivity index (χ3v) is 3.25. The zero-order valence-corrected chi connectivity index (χ0v) is 11.2. The summed E-state index contributed by atoms with van der Waals surface area (Å²) < 4.78 is 15.3. The number of nitrogen functional groups attached to an aromatic ring is 1. The smallest absolute Gasteiger partial charge is 0.143 e. The minimum absolute atomic E-state index is 0.342. The molecule has 102 valence electrons. The number of halogens is 1. The molecule has 0 atom stereocenters. The third-order valence-electron chi connectivity index (χ3n) is 3.25. The van der Waals surface area contributed by atoms with Crippen molar-refractivity contribution >= 4 is 16.7 Å². The average Bonchev–Trinajstić information content (AvgIpc) is 2.78. The maximum absolute atomic E-state index is 13.2. The molecule has 2 aromatic heterocycles. The number of hydrogen-bond donors (Lipinski definition) is 1. The highest BCUT2D eigenvalue weighted by Gasteiger charge is 2.14. The second-order valence-electron chi connectivity index (χ2n) is 4.68. The van der Waals surface area contributed by atoms with E-state index < -0.39 is 0 Å². The number of pyridine rings is 1. The van der Waals surface area contributed by atoms with Crippen molar-refractivity contribution in [2.45, 2.75) is 19.9 Å². The van der Waals surface area contributed by atoms with E-state index in [1.165, 1.54) is 12.1 Å². The Morgan fingerprint density at radius 2 is 2.15 bits per heavy atom. The van der Waals surface area contributed by atoms with Gasteiger partial charge in [0.2, 0.25) is 0 Å². The fourth-order valence-corrected chi connectivity index (χ4v) is 2.37. The maximum atomic E-state index is 13.2. The predicted molar refractivity (Wildman–Crippen MR) is 77.6 cm³/mol. The van der Waals surface area contributed by atoms with Crippen LogP contribution in [-0.2, 0) is 6.54 Å². The molecule has 0 aliphatic carbocycles. The van der Waals surface area contributed by atoms with Crippen LogP contribution in [0.1, 0.15) is 13.3 Å². The van der Waals surface area contributed by atoms with E-state index in [0.29, 0.717) is 5.69 Å². The summed E-state index contributed by atoms with van der Waals surface area (Å²) in [6.07, 6.45) is 4.45. The van der Waals surface area contributed by atoms with Crippen LogP contribution in [-0.4, -0.2) is 14.5 Å². The molecule has 5 heteroatoms. The van der Waals surface area contributed by atoms with Gasteiger partial charge in [-0.2, -0.15) is 0 Å². The lowest BCUT2D eigenvalue weighted by molar-refractivity contribution is 0.628. The van der Waals surface area contributed by atoms with E-state index in [2.05, 4.69) is 21.5 Å². The van der Waals surface area contributed by atoms with E-state index in [-0.39, 0.29) is 5.82 Å². The monoisotopic (exact) mass is 270 g/mol. The summed E-state index contributed by atoms with van der Waals surface area (Å²) in [4.78, 5) is 8.68. The van der Waals surface area contributed by atoms with Gasteiger partial charge in [0, 0.05) is 24.0 Å². The Labute approximate surface area is 116 Å². The first-order valence-electron chi connectivity index (χ1n) is 6.56. The van der Waals surface area contributed by atoms with Crippen LogP contribution in [0.2, 0.25) is 0 Å². The number of rotatable bonds is 3. The van der Waals surface area contributed by atoms with Gasteiger partial charge in [0.15, 0.2) is 0 Å². The molecule has 4 nitrogen and oxygen atoms in total. The zero-order valence-electron chi connectivity index (χ0n) is 11.2. The number of benzene rings is 1. The van der Waals surface area contributed by atoms with Crippen LogP contribution in [0.15, 0.2) is 36.7 Å². The second-order valence-corrected chi connectivity index (χ2v) is 4.68. The molecule has 0 unspecified atom stereocenters. The summed E-state index contributed by atoms with van der Waals surface area (Å²) in [5, 5.41) is 0. The van der Waals surface area contributed by atoms with Gasteiger partial charge < -0.3 is 10.3 Å². The van der Waals surface area contributed by atoms with Crippen molar-refractivity contribution in [1.29, 1.82) is 0 Å². The van der Waals surface area contributed by atoms with E-state index in [1.807, 2.05) is 6.07 Å². The van der Waals surface area contributed by atoms with Gasteiger partial charge in [0.1, 0.15) is 17.2 Å². The summed E-state index contributed by atoms with van der Waals surface area (Å²) in [5.74, 6) is 0.415. The van der Waals surface area contributed by atoms with E-state index in [4.69, 9.17) is 5.73 Å². The predicted octanol–water partition coefficient (Wildman–Crippen LogP) is 3.23. The molecule has 0 amide bonds. The van der Waals surface area contributed by atoms with E-state index >= 15 is 0 Å². The van der Waals surface area contributed by atoms with Crippen LogP contribution in [0.4, 0.5) is 10.1 Å². The molecule has 0 radical (unpaired) electrons. The molecule has 3 aromatic rings. The summed E-state index contributed by atoms with van der Waals surface area (Å²) in [6, 6.07) is 6.33. The van der Waals surface area contributed by atoms with Gasteiger partial charge >= 0.3 is 0 Å². The fraction of sp³-hybridized carbons (Fsp3) is 0.200. The molecule has 2 N–H and O–H groups in total. The van der Waals surface area contributed by atoms with Crippen LogP contribution in [0.25, 0.3) is 22.4 Å². The highest BCUT2D eigenvalue weighted by atomic mass is 19.1. The zero-order chi connectivity index (χ0) is 14.1. The Morgan fingerprint density at radius 3 is 2.90 bits per heavy atom. The Hall–Kier alpha value is -2.43. The molecule has 0 fully saturated rings. The van der Waals surface area contributed by atoms with Crippen molar-refractivity contribution in [3.63, 3.8) is 0 Å². The number of imidazole rings is 1. The number of aryl methyl sites for hydroxylation is 1. The van der Waals surface area contributed by atoms with Crippen molar-refractivity contribution < 1.29 is 4.39 Å². The van der Waals surface area contributed by atoms with Crippen molar-refractivity contribution in [3.05, 3.63) is 42.5 Å². The highest BCUT2D eigenvalue weighted by molar-refractivity contribution is 5.83. The Kier molecular flexibility index (Phi) is 3.10. The minimum atomic E-state index is -0.342. The fourth-order valence-electron chi connectivity index (χ4n) is 2.37. The van der Waals surface area contributed by atoms with Gasteiger partial charge in [-0.3, -0.25) is 4.98 Å². The summed E-state index contributed by atoms with van der Waals surface area (Å²) >= 11 is 0. The first kappa shape index (κ1) is 12.6. The molecule has 20 heavy (non-hydrogen) atoms. The first-order valence-corrected chi connectivity index (χ1v) is 6.56. The van der Waals surface area contributed by atoms with Crippen LogP contribution < -0.4 is 5.73 Å². The topological polar surface area (TPSA) is 56.7 Å². The normalized spacial score (nSPS) is 11.1. The van der Waals surface area contributed by atoms with Crippen molar-refractivity contribution in [2.24, 2.45) is 0 Å². The number of nitrogens with two attached hydrogens (primary N) is 1. The molecule has 0 saturated carbocycles. The van der Waals surface area contributed by atoms with Crippen molar-refractivity contribution in [2.75, 3.05) is 5.73 Å². The Balaban J connectivity index is 2.26. The standard InChI is InChI=1S/C15H15FN4/c1-2-7-20-14-5-6-18-9-13(14)19-15(20)11-4-3-10(16)8-12(11)17/h3-6,8-9H,2,7,17H2,1H3. The molecule has 1 aromatic carbocycles. The maximum Gasteiger partial charge on any atom is 0.143 e. The van der Waals surface area contributed by atoms with E-state index in [9.17, 15) is 4.39 Å². The molecular weight excluding hydrogens is 255 g/mol. The molecule has 3 rings (SSSR count). The van der Waals surface area contributed by atoms with Gasteiger partial charge in [-0.1, -0.05) is 6.92 Å².